The number of ether oxygens (including phenoxy) is 1. The summed E-state index contributed by atoms with van der Waals surface area (Å²) in [6.45, 7) is 2.26. The number of hydrogen-bond acceptors (Lipinski definition) is 2. The van der Waals surface area contributed by atoms with Crippen LogP contribution in [0.15, 0.2) is 0 Å². The summed E-state index contributed by atoms with van der Waals surface area (Å²) in [6.07, 6.45) is 3.18. The van der Waals surface area contributed by atoms with Crippen LogP contribution in [0.2, 0.25) is 0 Å². The minimum Gasteiger partial charge on any atom is -0.461 e. The molecule has 0 spiro atoms. The average Bonchev–Trinajstić information content (AvgIpc) is 2.01. The molecule has 0 aromatic heterocycles. The largest absolute Gasteiger partial charge is 0.461 e. The lowest BCUT2D eigenvalue weighted by Gasteiger charge is -2.40. The van der Waals surface area contributed by atoms with Crippen molar-refractivity contribution < 1.29 is 9.53 Å². The summed E-state index contributed by atoms with van der Waals surface area (Å²) >= 11 is 2.41. The van der Waals surface area contributed by atoms with Gasteiger partial charge in [0.2, 0.25) is 0 Å². The molecular weight excluding hydrogens is 267 g/mol. The number of hydrogen-bond donors (Lipinski definition) is 0. The molecule has 4 unspecified atom stereocenters. The van der Waals surface area contributed by atoms with Gasteiger partial charge in [-0.15, -0.1) is 0 Å². The maximum absolute atomic E-state index is 11.1. The van der Waals surface area contributed by atoms with Crippen LogP contribution in [0.4, 0.5) is 0 Å². The molecule has 2 rings (SSSR count). The fourth-order valence-corrected chi connectivity index (χ4v) is 3.46. The van der Waals surface area contributed by atoms with Gasteiger partial charge >= 0.3 is 5.97 Å². The van der Waals surface area contributed by atoms with Crippen molar-refractivity contribution in [1.82, 2.24) is 0 Å². The van der Waals surface area contributed by atoms with Gasteiger partial charge in [-0.05, 0) is 24.7 Å². The number of esters is 1. The van der Waals surface area contributed by atoms with Crippen LogP contribution >= 0.6 is 22.6 Å². The Kier molecular flexibility index (Phi) is 2.31. The van der Waals surface area contributed by atoms with Crippen LogP contribution in [0.3, 0.4) is 0 Å². The van der Waals surface area contributed by atoms with E-state index in [1.165, 1.54) is 6.42 Å². The molecule has 3 heteroatoms. The van der Waals surface area contributed by atoms with Gasteiger partial charge in [0.05, 0.1) is 0 Å². The topological polar surface area (TPSA) is 26.3 Å². The molecule has 2 aliphatic rings. The third-order valence-electron chi connectivity index (χ3n) is 3.05. The Balaban J connectivity index is 2.12. The van der Waals surface area contributed by atoms with E-state index in [1.807, 2.05) is 0 Å². The second kappa shape index (κ2) is 3.16. The molecule has 1 heterocycles. The lowest BCUT2D eigenvalue weighted by atomic mass is 9.76. The second-order valence-corrected chi connectivity index (χ2v) is 5.56. The molecule has 1 aliphatic heterocycles. The van der Waals surface area contributed by atoms with E-state index in [4.69, 9.17) is 4.74 Å². The van der Waals surface area contributed by atoms with Crippen LogP contribution < -0.4 is 0 Å². The average molecular weight is 280 g/mol. The van der Waals surface area contributed by atoms with Crippen molar-refractivity contribution in [1.29, 1.82) is 0 Å². The van der Waals surface area contributed by atoms with Crippen molar-refractivity contribution in [3.8, 4) is 0 Å². The third kappa shape index (κ3) is 1.47. The molecule has 0 aromatic rings. The van der Waals surface area contributed by atoms with E-state index in [0.29, 0.717) is 22.2 Å². The van der Waals surface area contributed by atoms with Gasteiger partial charge in [-0.2, -0.15) is 0 Å². The number of carbonyl (C=O) groups is 1. The van der Waals surface area contributed by atoms with E-state index in [2.05, 4.69) is 29.5 Å². The Hall–Kier alpha value is 0.200. The van der Waals surface area contributed by atoms with Gasteiger partial charge in [-0.25, -0.2) is 0 Å². The highest BCUT2D eigenvalue weighted by molar-refractivity contribution is 14.1. The standard InChI is InChI=1S/C9H13IO2/c1-5-2-7(10)8-3-6(5)4-9(11)12-8/h5-8H,2-4H2,1H3. The van der Waals surface area contributed by atoms with E-state index < -0.39 is 0 Å². The van der Waals surface area contributed by atoms with Crippen molar-refractivity contribution in [2.24, 2.45) is 11.8 Å². The second-order valence-electron chi connectivity index (χ2n) is 3.96. The first-order valence-electron chi connectivity index (χ1n) is 4.50. The van der Waals surface area contributed by atoms with Gasteiger partial charge in [0, 0.05) is 10.3 Å². The van der Waals surface area contributed by atoms with Crippen molar-refractivity contribution in [2.75, 3.05) is 0 Å². The van der Waals surface area contributed by atoms with Gasteiger partial charge < -0.3 is 4.74 Å². The summed E-state index contributed by atoms with van der Waals surface area (Å²) in [6, 6.07) is 0. The van der Waals surface area contributed by atoms with Crippen LogP contribution in [-0.2, 0) is 9.53 Å². The molecule has 0 radical (unpaired) electrons. The highest BCUT2D eigenvalue weighted by Gasteiger charge is 2.40. The molecule has 1 aliphatic carbocycles. The number of halogens is 1. The third-order valence-corrected chi connectivity index (χ3v) is 4.36. The monoisotopic (exact) mass is 280 g/mol. The first-order valence-corrected chi connectivity index (χ1v) is 5.75. The summed E-state index contributed by atoms with van der Waals surface area (Å²) in [4.78, 5) is 11.1. The zero-order valence-electron chi connectivity index (χ0n) is 7.13. The van der Waals surface area contributed by atoms with Gasteiger partial charge in [0.1, 0.15) is 6.10 Å². The maximum Gasteiger partial charge on any atom is 0.306 e. The Labute approximate surface area is 86.2 Å². The Morgan fingerprint density at radius 1 is 1.50 bits per heavy atom. The highest BCUT2D eigenvalue weighted by atomic mass is 127. The Morgan fingerprint density at radius 3 is 3.00 bits per heavy atom. The minimum atomic E-state index is 0.0180. The highest BCUT2D eigenvalue weighted by Crippen LogP contribution is 2.40. The van der Waals surface area contributed by atoms with Crippen molar-refractivity contribution in [2.45, 2.75) is 36.2 Å². The van der Waals surface area contributed by atoms with E-state index in [-0.39, 0.29) is 12.1 Å². The number of carbonyl (C=O) groups excluding carboxylic acids is 1. The molecule has 2 nitrogen and oxygen atoms in total. The van der Waals surface area contributed by atoms with Crippen LogP contribution in [0, 0.1) is 11.8 Å². The van der Waals surface area contributed by atoms with E-state index in [1.54, 1.807) is 0 Å². The van der Waals surface area contributed by atoms with Gasteiger partial charge in [-0.1, -0.05) is 29.5 Å². The molecule has 2 bridgehead atoms. The van der Waals surface area contributed by atoms with E-state index in [9.17, 15) is 4.79 Å². The number of fused-ring (bicyclic) bond motifs is 2. The Bertz CT molecular complexity index is 187. The summed E-state index contributed by atoms with van der Waals surface area (Å²) in [5.41, 5.74) is 0. The van der Waals surface area contributed by atoms with Crippen molar-refractivity contribution in [3.05, 3.63) is 0 Å². The fourth-order valence-electron chi connectivity index (χ4n) is 2.22. The van der Waals surface area contributed by atoms with Crippen LogP contribution in [0.5, 0.6) is 0 Å². The van der Waals surface area contributed by atoms with Crippen LogP contribution in [-0.4, -0.2) is 16.0 Å². The molecule has 0 N–H and O–H groups in total. The fraction of sp³-hybridized carbons (Fsp3) is 0.889. The number of alkyl halides is 1. The predicted octanol–water partition coefficient (Wildman–Crippen LogP) is 2.15. The van der Waals surface area contributed by atoms with Crippen LogP contribution in [0.25, 0.3) is 0 Å². The molecule has 0 aromatic carbocycles. The van der Waals surface area contributed by atoms with Crippen LogP contribution in [0.1, 0.15) is 26.2 Å². The first kappa shape index (κ1) is 8.78. The number of rotatable bonds is 0. The summed E-state index contributed by atoms with van der Waals surface area (Å²) in [7, 11) is 0. The predicted molar refractivity (Wildman–Crippen MR) is 54.2 cm³/mol. The molecule has 2 fully saturated rings. The maximum atomic E-state index is 11.1. The minimum absolute atomic E-state index is 0.0180. The first-order chi connectivity index (χ1) is 5.66. The molecular formula is C9H13IO2. The normalized spacial score (nSPS) is 47.0. The summed E-state index contributed by atoms with van der Waals surface area (Å²) in [5.74, 6) is 1.32. The molecule has 68 valence electrons. The molecule has 4 atom stereocenters. The zero-order chi connectivity index (χ0) is 8.72. The zero-order valence-corrected chi connectivity index (χ0v) is 9.28. The quantitative estimate of drug-likeness (QED) is 0.386. The van der Waals surface area contributed by atoms with Gasteiger partial charge in [0.25, 0.3) is 0 Å². The SMILES string of the molecule is CC1CC(I)C2CC1CC(=O)O2. The molecule has 1 saturated carbocycles. The summed E-state index contributed by atoms with van der Waals surface area (Å²) in [5, 5.41) is 0. The van der Waals surface area contributed by atoms with Gasteiger partial charge in [-0.3, -0.25) is 4.79 Å². The molecule has 1 saturated heterocycles. The van der Waals surface area contributed by atoms with Gasteiger partial charge in [0.15, 0.2) is 0 Å². The smallest absolute Gasteiger partial charge is 0.306 e. The molecule has 0 amide bonds. The lowest BCUT2D eigenvalue weighted by molar-refractivity contribution is -0.160. The van der Waals surface area contributed by atoms with E-state index in [0.717, 1.165) is 6.42 Å². The molecule has 12 heavy (non-hydrogen) atoms. The lowest BCUT2D eigenvalue weighted by Crippen LogP contribution is -2.43. The Morgan fingerprint density at radius 2 is 2.25 bits per heavy atom. The van der Waals surface area contributed by atoms with Crippen molar-refractivity contribution in [3.63, 3.8) is 0 Å². The van der Waals surface area contributed by atoms with Crippen molar-refractivity contribution >= 4 is 28.6 Å². The van der Waals surface area contributed by atoms with E-state index >= 15 is 0 Å². The summed E-state index contributed by atoms with van der Waals surface area (Å²) < 4.78 is 5.81.